The first-order valence-corrected chi connectivity index (χ1v) is 10.6. The Hall–Kier alpha value is -2.37. The fraction of sp³-hybridized carbons (Fsp3) is 0.591. The van der Waals surface area contributed by atoms with Gasteiger partial charge in [-0.3, -0.25) is 9.59 Å². The second kappa shape index (κ2) is 8.76. The van der Waals surface area contributed by atoms with Crippen LogP contribution < -0.4 is 10.2 Å². The van der Waals surface area contributed by atoms with Crippen molar-refractivity contribution in [3.05, 3.63) is 36.5 Å². The molecule has 3 aliphatic rings. The van der Waals surface area contributed by atoms with Crippen LogP contribution in [0.5, 0.6) is 0 Å². The minimum atomic E-state index is 0.0829. The summed E-state index contributed by atoms with van der Waals surface area (Å²) in [5.41, 5.74) is 0. The summed E-state index contributed by atoms with van der Waals surface area (Å²) in [6, 6.07) is 5.90. The molecule has 1 saturated heterocycles. The topological polar surface area (TPSA) is 65.5 Å². The van der Waals surface area contributed by atoms with Crippen LogP contribution in [0.2, 0.25) is 0 Å². The van der Waals surface area contributed by atoms with Gasteiger partial charge in [0.1, 0.15) is 5.82 Å². The number of amides is 2. The van der Waals surface area contributed by atoms with E-state index in [1.807, 2.05) is 23.1 Å². The molecule has 2 fully saturated rings. The first-order valence-electron chi connectivity index (χ1n) is 10.6. The molecule has 1 aromatic rings. The van der Waals surface area contributed by atoms with Crippen LogP contribution in [-0.4, -0.2) is 54.4 Å². The van der Waals surface area contributed by atoms with Crippen LogP contribution in [0.1, 0.15) is 32.1 Å². The molecule has 3 atom stereocenters. The third kappa shape index (κ3) is 4.54. The summed E-state index contributed by atoms with van der Waals surface area (Å²) in [4.78, 5) is 33.0. The first-order chi connectivity index (χ1) is 13.7. The minimum Gasteiger partial charge on any atom is -0.356 e. The number of piperazine rings is 1. The van der Waals surface area contributed by atoms with Crippen molar-refractivity contribution in [3.63, 3.8) is 0 Å². The van der Waals surface area contributed by atoms with E-state index >= 15 is 0 Å². The number of fused-ring (bicyclic) bond motifs is 2. The maximum atomic E-state index is 12.4. The van der Waals surface area contributed by atoms with Crippen LogP contribution in [0, 0.1) is 17.8 Å². The van der Waals surface area contributed by atoms with Crippen LogP contribution in [0.3, 0.4) is 0 Å². The van der Waals surface area contributed by atoms with E-state index in [9.17, 15) is 9.59 Å². The second-order valence-electron chi connectivity index (χ2n) is 8.25. The van der Waals surface area contributed by atoms with Gasteiger partial charge in [-0.2, -0.15) is 0 Å². The van der Waals surface area contributed by atoms with Gasteiger partial charge in [-0.25, -0.2) is 4.98 Å². The highest BCUT2D eigenvalue weighted by Crippen LogP contribution is 2.42. The predicted molar refractivity (Wildman–Crippen MR) is 109 cm³/mol. The van der Waals surface area contributed by atoms with Gasteiger partial charge in [-0.15, -0.1) is 0 Å². The van der Waals surface area contributed by atoms with E-state index in [1.54, 1.807) is 6.20 Å². The SMILES string of the molecule is O=C(CCCC(=O)N1CCN(c2ccccn2)CC1)NC[C@H]1C[C@@H]2C=C[C@H]1C2. The van der Waals surface area contributed by atoms with Crippen LogP contribution in [-0.2, 0) is 9.59 Å². The van der Waals surface area contributed by atoms with Crippen LogP contribution in [0.4, 0.5) is 5.82 Å². The Bertz CT molecular complexity index is 713. The highest BCUT2D eigenvalue weighted by Gasteiger charge is 2.35. The van der Waals surface area contributed by atoms with Gasteiger partial charge in [0.2, 0.25) is 11.8 Å². The van der Waals surface area contributed by atoms with E-state index in [1.165, 1.54) is 12.8 Å². The number of carbonyl (C=O) groups is 2. The van der Waals surface area contributed by atoms with Crippen LogP contribution in [0.15, 0.2) is 36.5 Å². The lowest BCUT2D eigenvalue weighted by Crippen LogP contribution is -2.49. The number of aromatic nitrogens is 1. The molecule has 2 heterocycles. The zero-order valence-corrected chi connectivity index (χ0v) is 16.4. The number of nitrogens with one attached hydrogen (secondary N) is 1. The monoisotopic (exact) mass is 382 g/mol. The molecule has 0 aromatic carbocycles. The number of carbonyl (C=O) groups excluding carboxylic acids is 2. The summed E-state index contributed by atoms with van der Waals surface area (Å²) in [6.07, 6.45) is 10.4. The molecular formula is C22H30N4O2. The number of nitrogens with zero attached hydrogens (tertiary/aromatic N) is 3. The van der Waals surface area contributed by atoms with Gasteiger partial charge in [-0.05, 0) is 49.1 Å². The number of anilines is 1. The third-order valence-corrected chi connectivity index (χ3v) is 6.38. The maximum Gasteiger partial charge on any atom is 0.222 e. The number of hydrogen-bond acceptors (Lipinski definition) is 4. The Morgan fingerprint density at radius 1 is 1.07 bits per heavy atom. The van der Waals surface area contributed by atoms with Crippen molar-refractivity contribution < 1.29 is 9.59 Å². The van der Waals surface area contributed by atoms with Gasteiger partial charge in [0.05, 0.1) is 0 Å². The van der Waals surface area contributed by atoms with Gasteiger partial charge < -0.3 is 15.1 Å². The summed E-state index contributed by atoms with van der Waals surface area (Å²) >= 11 is 0. The van der Waals surface area contributed by atoms with Crippen molar-refractivity contribution in [2.45, 2.75) is 32.1 Å². The highest BCUT2D eigenvalue weighted by molar-refractivity contribution is 5.79. The van der Waals surface area contributed by atoms with Gasteiger partial charge in [0, 0.05) is 51.8 Å². The number of allylic oxidation sites excluding steroid dienone is 2. The van der Waals surface area contributed by atoms with Crippen molar-refractivity contribution in [3.8, 4) is 0 Å². The molecule has 1 saturated carbocycles. The normalized spacial score (nSPS) is 25.9. The van der Waals surface area contributed by atoms with Crippen molar-refractivity contribution in [2.24, 2.45) is 17.8 Å². The Morgan fingerprint density at radius 2 is 1.93 bits per heavy atom. The Balaban J connectivity index is 1.10. The molecule has 0 spiro atoms. The van der Waals surface area contributed by atoms with Gasteiger partial charge in [0.25, 0.3) is 0 Å². The molecule has 4 rings (SSSR count). The van der Waals surface area contributed by atoms with E-state index in [-0.39, 0.29) is 11.8 Å². The fourth-order valence-corrected chi connectivity index (χ4v) is 4.75. The summed E-state index contributed by atoms with van der Waals surface area (Å²) in [7, 11) is 0. The van der Waals surface area contributed by atoms with Crippen LogP contribution >= 0.6 is 0 Å². The largest absolute Gasteiger partial charge is 0.356 e. The molecule has 1 aromatic heterocycles. The third-order valence-electron chi connectivity index (χ3n) is 6.38. The van der Waals surface area contributed by atoms with Crippen molar-refractivity contribution >= 4 is 17.6 Å². The highest BCUT2D eigenvalue weighted by atomic mass is 16.2. The molecule has 0 unspecified atom stereocenters. The van der Waals surface area contributed by atoms with Gasteiger partial charge in [0.15, 0.2) is 0 Å². The number of rotatable bonds is 7. The molecule has 0 radical (unpaired) electrons. The molecule has 2 aliphatic carbocycles. The van der Waals surface area contributed by atoms with E-state index < -0.39 is 0 Å². The van der Waals surface area contributed by atoms with Crippen molar-refractivity contribution in [1.82, 2.24) is 15.2 Å². The van der Waals surface area contributed by atoms with Crippen molar-refractivity contribution in [2.75, 3.05) is 37.6 Å². The Morgan fingerprint density at radius 3 is 2.61 bits per heavy atom. The van der Waals surface area contributed by atoms with E-state index in [2.05, 4.69) is 27.4 Å². The average molecular weight is 383 g/mol. The zero-order chi connectivity index (χ0) is 19.3. The lowest BCUT2D eigenvalue weighted by Gasteiger charge is -2.35. The number of hydrogen-bond donors (Lipinski definition) is 1. The quantitative estimate of drug-likeness (QED) is 0.735. The standard InChI is InChI=1S/C22H30N4O2/c27-21(24-16-19-15-17-7-8-18(19)14-17)5-3-6-22(28)26-12-10-25(11-13-26)20-4-1-2-9-23-20/h1-2,4,7-9,17-19H,3,5-6,10-16H2,(H,24,27)/t17-,18+,19-/m1/s1. The lowest BCUT2D eigenvalue weighted by atomic mass is 9.93. The molecule has 6 heteroatoms. The molecule has 1 aliphatic heterocycles. The molecule has 2 bridgehead atoms. The van der Waals surface area contributed by atoms with E-state index in [0.717, 1.165) is 44.5 Å². The Kier molecular flexibility index (Phi) is 5.93. The maximum absolute atomic E-state index is 12.4. The molecule has 150 valence electrons. The molecule has 1 N–H and O–H groups in total. The van der Waals surface area contributed by atoms with E-state index in [0.29, 0.717) is 31.1 Å². The lowest BCUT2D eigenvalue weighted by molar-refractivity contribution is -0.131. The second-order valence-corrected chi connectivity index (χ2v) is 8.25. The van der Waals surface area contributed by atoms with Gasteiger partial charge >= 0.3 is 0 Å². The summed E-state index contributed by atoms with van der Waals surface area (Å²) in [6.45, 7) is 3.84. The van der Waals surface area contributed by atoms with E-state index in [4.69, 9.17) is 0 Å². The smallest absolute Gasteiger partial charge is 0.222 e. The minimum absolute atomic E-state index is 0.0829. The fourth-order valence-electron chi connectivity index (χ4n) is 4.75. The average Bonchev–Trinajstić information content (AvgIpc) is 3.36. The molecule has 6 nitrogen and oxygen atoms in total. The molecular weight excluding hydrogens is 352 g/mol. The summed E-state index contributed by atoms with van der Waals surface area (Å²) in [5.74, 6) is 3.22. The first kappa shape index (κ1) is 19.0. The summed E-state index contributed by atoms with van der Waals surface area (Å²) in [5, 5.41) is 3.08. The Labute approximate surface area is 167 Å². The molecule has 2 amide bonds. The summed E-state index contributed by atoms with van der Waals surface area (Å²) < 4.78 is 0. The zero-order valence-electron chi connectivity index (χ0n) is 16.4. The van der Waals surface area contributed by atoms with Crippen LogP contribution in [0.25, 0.3) is 0 Å². The van der Waals surface area contributed by atoms with Crippen molar-refractivity contribution in [1.29, 1.82) is 0 Å². The number of pyridine rings is 1. The van der Waals surface area contributed by atoms with Gasteiger partial charge in [-0.1, -0.05) is 18.2 Å². The molecule has 28 heavy (non-hydrogen) atoms. The predicted octanol–water partition coefficient (Wildman–Crippen LogP) is 2.23.